The van der Waals surface area contributed by atoms with Gasteiger partial charge in [-0.3, -0.25) is 0 Å². The molecule has 0 aliphatic heterocycles. The second-order valence-corrected chi connectivity index (χ2v) is 2.09. The van der Waals surface area contributed by atoms with Gasteiger partial charge in [0.05, 0.1) is 0 Å². The number of rotatable bonds is 2. The summed E-state index contributed by atoms with van der Waals surface area (Å²) < 4.78 is 35.7. The highest BCUT2D eigenvalue weighted by Gasteiger charge is 2.48. The quantitative estimate of drug-likeness (QED) is 0.622. The molecule has 1 N–H and O–H groups in total. The van der Waals surface area contributed by atoms with E-state index in [4.69, 9.17) is 5.11 Å². The Kier molecular flexibility index (Phi) is 2.11. The van der Waals surface area contributed by atoms with Crippen LogP contribution in [0.4, 0.5) is 13.2 Å². The Hall–Kier alpha value is -0.250. The van der Waals surface area contributed by atoms with E-state index in [-0.39, 0.29) is 0 Å². The van der Waals surface area contributed by atoms with Crippen molar-refractivity contribution >= 4 is 0 Å². The summed E-state index contributed by atoms with van der Waals surface area (Å²) in [5, 5.41) is 7.84. The molecule has 0 saturated heterocycles. The molecule has 0 radical (unpaired) electrons. The highest BCUT2D eigenvalue weighted by molar-refractivity contribution is 4.79. The number of hydrogen-bond donors (Lipinski definition) is 1. The lowest BCUT2D eigenvalue weighted by Crippen LogP contribution is -2.40. The fourth-order valence-electron chi connectivity index (χ4n) is 0.213. The highest BCUT2D eigenvalue weighted by Crippen LogP contribution is 2.31. The Labute approximate surface area is 51.5 Å². The van der Waals surface area contributed by atoms with Gasteiger partial charge >= 0.3 is 6.11 Å². The maximum absolute atomic E-state index is 12.3. The van der Waals surface area contributed by atoms with Gasteiger partial charge in [-0.15, -0.1) is 0 Å². The van der Waals surface area contributed by atoms with Crippen molar-refractivity contribution < 1.29 is 18.3 Å². The first kappa shape index (κ1) is 8.75. The van der Waals surface area contributed by atoms with Crippen LogP contribution in [-0.2, 0) is 0 Å². The van der Waals surface area contributed by atoms with Crippen LogP contribution in [0.1, 0.15) is 20.3 Å². The summed E-state index contributed by atoms with van der Waals surface area (Å²) in [6, 6.07) is 0. The van der Waals surface area contributed by atoms with Crippen LogP contribution in [0.3, 0.4) is 0 Å². The zero-order valence-electron chi connectivity index (χ0n) is 5.29. The first-order valence-electron chi connectivity index (χ1n) is 2.60. The third-order valence-corrected chi connectivity index (χ3v) is 1.29. The number of hydrogen-bond acceptors (Lipinski definition) is 1. The predicted octanol–water partition coefficient (Wildman–Crippen LogP) is 1.71. The van der Waals surface area contributed by atoms with Crippen molar-refractivity contribution in [3.63, 3.8) is 0 Å². The molecular weight excluding hydrogens is 133 g/mol. The largest absolute Gasteiger partial charge is 0.386 e. The minimum absolute atomic E-state index is 0.406. The van der Waals surface area contributed by atoms with Gasteiger partial charge in [0.15, 0.2) is 5.67 Å². The number of halogens is 3. The van der Waals surface area contributed by atoms with E-state index >= 15 is 0 Å². The first-order chi connectivity index (χ1) is 3.81. The molecule has 0 aromatic heterocycles. The van der Waals surface area contributed by atoms with Gasteiger partial charge in [0.1, 0.15) is 0 Å². The van der Waals surface area contributed by atoms with E-state index < -0.39 is 18.2 Å². The molecule has 0 aliphatic rings. The zero-order chi connectivity index (χ0) is 7.71. The van der Waals surface area contributed by atoms with Crippen molar-refractivity contribution in [3.8, 4) is 0 Å². The third-order valence-electron chi connectivity index (χ3n) is 1.29. The summed E-state index contributed by atoms with van der Waals surface area (Å²) in [5.41, 5.74) is -2.80. The second kappa shape index (κ2) is 2.17. The Morgan fingerprint density at radius 2 is 1.67 bits per heavy atom. The van der Waals surface area contributed by atoms with Crippen molar-refractivity contribution in [1.29, 1.82) is 0 Å². The maximum Gasteiger partial charge on any atom is 0.386 e. The van der Waals surface area contributed by atoms with Crippen LogP contribution in [0.5, 0.6) is 0 Å². The predicted molar refractivity (Wildman–Crippen MR) is 27.0 cm³/mol. The summed E-state index contributed by atoms with van der Waals surface area (Å²) in [5.74, 6) is 0. The molecule has 0 rings (SSSR count). The lowest BCUT2D eigenvalue weighted by atomic mass is 10.1. The van der Waals surface area contributed by atoms with Crippen LogP contribution in [0.15, 0.2) is 0 Å². The van der Waals surface area contributed by atoms with Crippen molar-refractivity contribution in [2.75, 3.05) is 0 Å². The molecule has 1 unspecified atom stereocenters. The van der Waals surface area contributed by atoms with E-state index in [0.29, 0.717) is 6.92 Å². The number of alkyl halides is 3. The fraction of sp³-hybridized carbons (Fsp3) is 1.00. The molecule has 0 heterocycles. The zero-order valence-corrected chi connectivity index (χ0v) is 5.29. The molecule has 4 heteroatoms. The molecule has 1 nitrogen and oxygen atoms in total. The van der Waals surface area contributed by atoms with E-state index in [1.807, 2.05) is 0 Å². The average Bonchev–Trinajstić information content (AvgIpc) is 1.64. The van der Waals surface area contributed by atoms with Crippen LogP contribution < -0.4 is 0 Å². The Bertz CT molecular complexity index is 94.9. The minimum atomic E-state index is -4.22. The van der Waals surface area contributed by atoms with Crippen LogP contribution in [0, 0.1) is 0 Å². The van der Waals surface area contributed by atoms with E-state index in [1.165, 1.54) is 6.92 Å². The molecule has 1 atom stereocenters. The molecule has 0 saturated carbocycles. The topological polar surface area (TPSA) is 20.2 Å². The molecular formula is C5H9F3O. The smallest absolute Gasteiger partial charge is 0.334 e. The second-order valence-electron chi connectivity index (χ2n) is 2.09. The Morgan fingerprint density at radius 1 is 1.33 bits per heavy atom. The van der Waals surface area contributed by atoms with Gasteiger partial charge in [0.2, 0.25) is 0 Å². The fourth-order valence-corrected chi connectivity index (χ4v) is 0.213. The van der Waals surface area contributed by atoms with Gasteiger partial charge in [-0.25, -0.2) is 4.39 Å². The Morgan fingerprint density at radius 3 is 1.67 bits per heavy atom. The van der Waals surface area contributed by atoms with Gasteiger partial charge in [-0.2, -0.15) is 8.78 Å². The monoisotopic (exact) mass is 142 g/mol. The molecule has 0 amide bonds. The molecule has 0 spiro atoms. The molecule has 56 valence electrons. The summed E-state index contributed by atoms with van der Waals surface area (Å²) in [7, 11) is 0. The van der Waals surface area contributed by atoms with Crippen LogP contribution >= 0.6 is 0 Å². The normalized spacial score (nSPS) is 19.3. The highest BCUT2D eigenvalue weighted by atomic mass is 19.3. The van der Waals surface area contributed by atoms with E-state index in [0.717, 1.165) is 0 Å². The Balaban J connectivity index is 4.14. The van der Waals surface area contributed by atoms with Crippen LogP contribution in [0.25, 0.3) is 0 Å². The van der Waals surface area contributed by atoms with Gasteiger partial charge in [-0.1, -0.05) is 6.92 Å². The third kappa shape index (κ3) is 1.86. The van der Waals surface area contributed by atoms with Gasteiger partial charge in [-0.05, 0) is 13.3 Å². The van der Waals surface area contributed by atoms with E-state index in [2.05, 4.69) is 0 Å². The van der Waals surface area contributed by atoms with Crippen molar-refractivity contribution in [2.24, 2.45) is 0 Å². The van der Waals surface area contributed by atoms with Crippen molar-refractivity contribution in [2.45, 2.75) is 32.0 Å². The minimum Gasteiger partial charge on any atom is -0.334 e. The van der Waals surface area contributed by atoms with Gasteiger partial charge in [0, 0.05) is 0 Å². The molecule has 0 bridgehead atoms. The lowest BCUT2D eigenvalue weighted by Gasteiger charge is -2.23. The first-order valence-corrected chi connectivity index (χ1v) is 2.60. The van der Waals surface area contributed by atoms with E-state index in [1.54, 1.807) is 0 Å². The summed E-state index contributed by atoms with van der Waals surface area (Å²) >= 11 is 0. The number of aliphatic hydroxyl groups is 1. The SMILES string of the molecule is CCC(C)(F)C(O)(F)F. The van der Waals surface area contributed by atoms with Crippen LogP contribution in [0.2, 0.25) is 0 Å². The van der Waals surface area contributed by atoms with Crippen LogP contribution in [-0.4, -0.2) is 16.9 Å². The molecule has 0 aliphatic carbocycles. The standard InChI is InChI=1S/C5H9F3O/c1-3-4(2,6)5(7,8)9/h9H,3H2,1-2H3. The lowest BCUT2D eigenvalue weighted by molar-refractivity contribution is -0.277. The average molecular weight is 142 g/mol. The van der Waals surface area contributed by atoms with Gasteiger partial charge in [0.25, 0.3) is 0 Å². The molecule has 9 heavy (non-hydrogen) atoms. The van der Waals surface area contributed by atoms with Gasteiger partial charge < -0.3 is 5.11 Å². The molecule has 0 fully saturated rings. The van der Waals surface area contributed by atoms with E-state index in [9.17, 15) is 13.2 Å². The summed E-state index contributed by atoms with van der Waals surface area (Å²) in [6.45, 7) is 1.90. The molecule has 0 aromatic rings. The summed E-state index contributed by atoms with van der Waals surface area (Å²) in [4.78, 5) is 0. The summed E-state index contributed by atoms with van der Waals surface area (Å²) in [6.07, 6.45) is -4.63. The molecule has 0 aromatic carbocycles. The van der Waals surface area contributed by atoms with Crippen molar-refractivity contribution in [1.82, 2.24) is 0 Å². The maximum atomic E-state index is 12.3. The van der Waals surface area contributed by atoms with Crippen molar-refractivity contribution in [3.05, 3.63) is 0 Å².